The van der Waals surface area contributed by atoms with E-state index in [1.807, 2.05) is 6.92 Å². The number of rotatable bonds is 4. The van der Waals surface area contributed by atoms with Gasteiger partial charge in [0.05, 0.1) is 0 Å². The lowest BCUT2D eigenvalue weighted by molar-refractivity contribution is 0.134. The lowest BCUT2D eigenvalue weighted by Crippen LogP contribution is -2.44. The Labute approximate surface area is 68.5 Å². The van der Waals surface area contributed by atoms with Crippen LogP contribution in [0.4, 0.5) is 0 Å². The van der Waals surface area contributed by atoms with Crippen molar-refractivity contribution in [3.63, 3.8) is 0 Å². The third-order valence-electron chi connectivity index (χ3n) is 1.86. The van der Waals surface area contributed by atoms with E-state index in [1.165, 1.54) is 0 Å². The Morgan fingerprint density at radius 2 is 2.55 bits per heavy atom. The lowest BCUT2D eigenvalue weighted by atomic mass is 10.2. The molecule has 1 rings (SSSR count). The van der Waals surface area contributed by atoms with Crippen LogP contribution in [-0.2, 0) is 4.74 Å². The summed E-state index contributed by atoms with van der Waals surface area (Å²) >= 11 is 0. The normalized spacial score (nSPS) is 25.4. The minimum atomic E-state index is 0.496. The summed E-state index contributed by atoms with van der Waals surface area (Å²) in [5.74, 6) is 0. The molecule has 0 amide bonds. The van der Waals surface area contributed by atoms with E-state index >= 15 is 0 Å². The van der Waals surface area contributed by atoms with Gasteiger partial charge in [-0.05, 0) is 13.3 Å². The molecule has 1 fully saturated rings. The van der Waals surface area contributed by atoms with E-state index in [2.05, 4.69) is 10.6 Å². The smallest absolute Gasteiger partial charge is 0.0481 e. The van der Waals surface area contributed by atoms with Crippen LogP contribution in [0, 0.1) is 0 Å². The van der Waals surface area contributed by atoms with Gasteiger partial charge >= 0.3 is 0 Å². The predicted octanol–water partition coefficient (Wildman–Crippen LogP) is -0.0108. The molecule has 1 saturated heterocycles. The highest BCUT2D eigenvalue weighted by atomic mass is 16.5. The Morgan fingerprint density at radius 1 is 1.64 bits per heavy atom. The molecule has 65 valence electrons. The van der Waals surface area contributed by atoms with Gasteiger partial charge < -0.3 is 10.1 Å². The van der Waals surface area contributed by atoms with Crippen LogP contribution < -0.4 is 10.6 Å². The maximum absolute atomic E-state index is 5.25. The van der Waals surface area contributed by atoms with Crippen LogP contribution in [0.5, 0.6) is 0 Å². The Balaban J connectivity index is 1.96. The van der Waals surface area contributed by atoms with E-state index < -0.39 is 0 Å². The first-order valence-corrected chi connectivity index (χ1v) is 4.38. The van der Waals surface area contributed by atoms with E-state index in [9.17, 15) is 0 Å². The third kappa shape index (κ3) is 3.70. The molecule has 1 aliphatic rings. The summed E-state index contributed by atoms with van der Waals surface area (Å²) in [6.45, 7) is 6.75. The SMILES string of the molecule is CCOCCC1CNCC[N]1. The van der Waals surface area contributed by atoms with E-state index in [1.54, 1.807) is 0 Å². The molecule has 3 nitrogen and oxygen atoms in total. The molecule has 1 unspecified atom stereocenters. The van der Waals surface area contributed by atoms with Crippen molar-refractivity contribution in [3.05, 3.63) is 0 Å². The monoisotopic (exact) mass is 157 g/mol. The van der Waals surface area contributed by atoms with Gasteiger partial charge in [0.25, 0.3) is 0 Å². The van der Waals surface area contributed by atoms with E-state index in [0.717, 1.165) is 39.3 Å². The van der Waals surface area contributed by atoms with Crippen molar-refractivity contribution in [2.75, 3.05) is 32.8 Å². The summed E-state index contributed by atoms with van der Waals surface area (Å²) in [6.07, 6.45) is 1.07. The molecule has 11 heavy (non-hydrogen) atoms. The zero-order valence-electron chi connectivity index (χ0n) is 7.18. The van der Waals surface area contributed by atoms with Crippen molar-refractivity contribution in [1.29, 1.82) is 0 Å². The Bertz CT molecular complexity index is 92.1. The number of ether oxygens (including phenoxy) is 1. The van der Waals surface area contributed by atoms with E-state index in [0.29, 0.717) is 6.04 Å². The fraction of sp³-hybridized carbons (Fsp3) is 1.00. The highest BCUT2D eigenvalue weighted by Crippen LogP contribution is 1.95. The molecule has 0 saturated carbocycles. The fourth-order valence-corrected chi connectivity index (χ4v) is 1.22. The summed E-state index contributed by atoms with van der Waals surface area (Å²) < 4.78 is 5.25. The van der Waals surface area contributed by atoms with Crippen molar-refractivity contribution < 1.29 is 4.74 Å². The van der Waals surface area contributed by atoms with Crippen LogP contribution in [0.15, 0.2) is 0 Å². The summed E-state index contributed by atoms with van der Waals surface area (Å²) in [4.78, 5) is 0. The van der Waals surface area contributed by atoms with Crippen molar-refractivity contribution >= 4 is 0 Å². The molecule has 1 N–H and O–H groups in total. The molecule has 1 heterocycles. The van der Waals surface area contributed by atoms with Gasteiger partial charge in [-0.1, -0.05) is 0 Å². The van der Waals surface area contributed by atoms with Crippen LogP contribution in [-0.4, -0.2) is 38.9 Å². The van der Waals surface area contributed by atoms with Gasteiger partial charge in [-0.25, -0.2) is 5.32 Å². The van der Waals surface area contributed by atoms with Crippen LogP contribution in [0.1, 0.15) is 13.3 Å². The average Bonchev–Trinajstić information content (AvgIpc) is 2.07. The molecule has 0 aliphatic carbocycles. The van der Waals surface area contributed by atoms with Gasteiger partial charge in [-0.15, -0.1) is 0 Å². The molecule has 0 aromatic heterocycles. The van der Waals surface area contributed by atoms with Crippen LogP contribution in [0.2, 0.25) is 0 Å². The average molecular weight is 157 g/mol. The van der Waals surface area contributed by atoms with Crippen molar-refractivity contribution in [1.82, 2.24) is 10.6 Å². The molecule has 0 spiro atoms. The largest absolute Gasteiger partial charge is 0.382 e. The molecule has 0 bridgehead atoms. The molecule has 1 aliphatic heterocycles. The van der Waals surface area contributed by atoms with Crippen LogP contribution >= 0.6 is 0 Å². The van der Waals surface area contributed by atoms with Crippen LogP contribution in [0.3, 0.4) is 0 Å². The standard InChI is InChI=1S/C8H17N2O/c1-2-11-6-3-8-7-9-4-5-10-8/h8-9H,2-7H2,1H3. The number of hydrogen-bond acceptors (Lipinski definition) is 2. The van der Waals surface area contributed by atoms with Crippen molar-refractivity contribution in [2.45, 2.75) is 19.4 Å². The first-order chi connectivity index (χ1) is 5.43. The van der Waals surface area contributed by atoms with Crippen LogP contribution in [0.25, 0.3) is 0 Å². The molecule has 3 heteroatoms. The number of nitrogens with zero attached hydrogens (tertiary/aromatic N) is 1. The van der Waals surface area contributed by atoms with Gasteiger partial charge in [0.2, 0.25) is 0 Å². The fourth-order valence-electron chi connectivity index (χ4n) is 1.22. The van der Waals surface area contributed by atoms with Gasteiger partial charge in [0, 0.05) is 38.9 Å². The lowest BCUT2D eigenvalue weighted by Gasteiger charge is -2.22. The van der Waals surface area contributed by atoms with Gasteiger partial charge in [-0.2, -0.15) is 0 Å². The second-order valence-corrected chi connectivity index (χ2v) is 2.75. The highest BCUT2D eigenvalue weighted by molar-refractivity contribution is 4.74. The molecule has 1 atom stereocenters. The predicted molar refractivity (Wildman–Crippen MR) is 44.8 cm³/mol. The number of hydrogen-bond donors (Lipinski definition) is 1. The quantitative estimate of drug-likeness (QED) is 0.582. The summed E-state index contributed by atoms with van der Waals surface area (Å²) in [5.41, 5.74) is 0. The second-order valence-electron chi connectivity index (χ2n) is 2.75. The Morgan fingerprint density at radius 3 is 3.18 bits per heavy atom. The summed E-state index contributed by atoms with van der Waals surface area (Å²) in [6, 6.07) is 0.496. The van der Waals surface area contributed by atoms with Gasteiger partial charge in [0.1, 0.15) is 0 Å². The maximum Gasteiger partial charge on any atom is 0.0481 e. The number of piperazine rings is 1. The van der Waals surface area contributed by atoms with Gasteiger partial charge in [-0.3, -0.25) is 0 Å². The zero-order valence-corrected chi connectivity index (χ0v) is 7.18. The Kier molecular flexibility index (Phi) is 4.50. The summed E-state index contributed by atoms with van der Waals surface area (Å²) in [5, 5.41) is 7.77. The minimum Gasteiger partial charge on any atom is -0.382 e. The summed E-state index contributed by atoms with van der Waals surface area (Å²) in [7, 11) is 0. The topological polar surface area (TPSA) is 35.4 Å². The minimum absolute atomic E-state index is 0.496. The first kappa shape index (κ1) is 8.97. The highest BCUT2D eigenvalue weighted by Gasteiger charge is 2.11. The zero-order chi connectivity index (χ0) is 7.94. The Hall–Kier alpha value is -0.120. The van der Waals surface area contributed by atoms with E-state index in [4.69, 9.17) is 4.74 Å². The molecular weight excluding hydrogens is 140 g/mol. The maximum atomic E-state index is 5.25. The van der Waals surface area contributed by atoms with Crippen molar-refractivity contribution in [2.24, 2.45) is 0 Å². The first-order valence-electron chi connectivity index (χ1n) is 4.38. The van der Waals surface area contributed by atoms with Gasteiger partial charge in [0.15, 0.2) is 0 Å². The molecule has 0 aromatic rings. The molecule has 0 aromatic carbocycles. The van der Waals surface area contributed by atoms with E-state index in [-0.39, 0.29) is 0 Å². The molecule has 1 radical (unpaired) electrons. The van der Waals surface area contributed by atoms with Crippen molar-refractivity contribution in [3.8, 4) is 0 Å². The molecular formula is C8H17N2O. The number of nitrogens with one attached hydrogen (secondary N) is 1. The second kappa shape index (κ2) is 5.52. The third-order valence-corrected chi connectivity index (χ3v) is 1.86.